The van der Waals surface area contributed by atoms with Crippen LogP contribution in [0.15, 0.2) is 48.8 Å². The highest BCUT2D eigenvalue weighted by Crippen LogP contribution is 2.31. The molecule has 1 aliphatic rings. The summed E-state index contributed by atoms with van der Waals surface area (Å²) in [7, 11) is 0. The number of hydrogen-bond acceptors (Lipinski definition) is 3. The molecule has 0 atom stereocenters. The van der Waals surface area contributed by atoms with Gasteiger partial charge < -0.3 is 10.1 Å². The van der Waals surface area contributed by atoms with Gasteiger partial charge in [0.05, 0.1) is 11.4 Å². The fourth-order valence-electron chi connectivity index (χ4n) is 3.02. The Balaban J connectivity index is 1.70. The maximum atomic E-state index is 12.7. The van der Waals surface area contributed by atoms with Gasteiger partial charge in [-0.1, -0.05) is 30.3 Å². The topological polar surface area (TPSA) is 56.2 Å². The van der Waals surface area contributed by atoms with Gasteiger partial charge >= 0.3 is 0 Å². The normalized spacial score (nSPS) is 12.1. The highest BCUT2D eigenvalue weighted by Gasteiger charge is 2.24. The third kappa shape index (κ3) is 2.25. The van der Waals surface area contributed by atoms with E-state index in [0.29, 0.717) is 12.3 Å². The number of imidazole rings is 1. The van der Waals surface area contributed by atoms with Gasteiger partial charge in [-0.05, 0) is 37.1 Å². The summed E-state index contributed by atoms with van der Waals surface area (Å²) in [6.45, 7) is 4.28. The predicted octanol–water partition coefficient (Wildman–Crippen LogP) is 3.63. The molecule has 0 fully saturated rings. The number of carbonyl (C=O) groups excluding carboxylic acids is 1. The highest BCUT2D eigenvalue weighted by atomic mass is 16.5. The average molecular weight is 319 g/mol. The van der Waals surface area contributed by atoms with E-state index in [1.54, 1.807) is 6.33 Å². The second kappa shape index (κ2) is 5.53. The largest absolute Gasteiger partial charge is 0.485 e. The van der Waals surface area contributed by atoms with Crippen LogP contribution in [-0.2, 0) is 6.61 Å². The van der Waals surface area contributed by atoms with Crippen molar-refractivity contribution in [3.8, 4) is 11.4 Å². The second-order valence-electron chi connectivity index (χ2n) is 5.89. The van der Waals surface area contributed by atoms with E-state index in [1.165, 1.54) is 0 Å². The molecule has 2 aromatic carbocycles. The molecule has 1 aromatic heterocycles. The molecule has 3 aromatic rings. The van der Waals surface area contributed by atoms with Gasteiger partial charge in [-0.25, -0.2) is 4.98 Å². The van der Waals surface area contributed by atoms with Gasteiger partial charge in [0.15, 0.2) is 5.69 Å². The summed E-state index contributed by atoms with van der Waals surface area (Å²) in [5, 5.41) is 2.98. The summed E-state index contributed by atoms with van der Waals surface area (Å²) in [6, 6.07) is 13.7. The third-order valence-corrected chi connectivity index (χ3v) is 4.29. The Labute approximate surface area is 139 Å². The average Bonchev–Trinajstić information content (AvgIpc) is 3.03. The maximum Gasteiger partial charge on any atom is 0.276 e. The Bertz CT molecular complexity index is 923. The first kappa shape index (κ1) is 14.5. The molecule has 1 aliphatic heterocycles. The highest BCUT2D eigenvalue weighted by molar-refractivity contribution is 6.04. The molecule has 0 unspecified atom stereocenters. The minimum absolute atomic E-state index is 0.218. The molecule has 0 radical (unpaired) electrons. The molecule has 4 rings (SSSR count). The third-order valence-electron chi connectivity index (χ3n) is 4.29. The molecule has 2 heterocycles. The van der Waals surface area contributed by atoms with Crippen molar-refractivity contribution >= 4 is 11.6 Å². The number of aryl methyl sites for hydroxylation is 2. The number of para-hydroxylation sites is 3. The van der Waals surface area contributed by atoms with Crippen LogP contribution >= 0.6 is 0 Å². The van der Waals surface area contributed by atoms with E-state index < -0.39 is 0 Å². The standard InChI is InChI=1S/C19H17N3O2/c1-12-6-5-7-13(2)17(12)21-19(23)18-15-10-24-16-9-4-3-8-14(16)22(15)11-20-18/h3-9,11H,10H2,1-2H3,(H,21,23). The van der Waals surface area contributed by atoms with Gasteiger partial charge in [-0.15, -0.1) is 0 Å². The van der Waals surface area contributed by atoms with E-state index in [1.807, 2.05) is 60.9 Å². The van der Waals surface area contributed by atoms with Crippen LogP contribution in [0.5, 0.6) is 5.75 Å². The van der Waals surface area contributed by atoms with Crippen LogP contribution in [0.3, 0.4) is 0 Å². The summed E-state index contributed by atoms with van der Waals surface area (Å²) < 4.78 is 7.67. The molecule has 1 N–H and O–H groups in total. The summed E-state index contributed by atoms with van der Waals surface area (Å²) in [6.07, 6.45) is 1.68. The van der Waals surface area contributed by atoms with Crippen molar-refractivity contribution in [3.63, 3.8) is 0 Å². The summed E-state index contributed by atoms with van der Waals surface area (Å²) in [5.74, 6) is 0.577. The summed E-state index contributed by atoms with van der Waals surface area (Å²) in [4.78, 5) is 17.0. The first-order valence-electron chi connectivity index (χ1n) is 7.81. The Hall–Kier alpha value is -3.08. The second-order valence-corrected chi connectivity index (χ2v) is 5.89. The van der Waals surface area contributed by atoms with Crippen LogP contribution in [0.4, 0.5) is 5.69 Å². The quantitative estimate of drug-likeness (QED) is 0.784. The molecular formula is C19H17N3O2. The van der Waals surface area contributed by atoms with Gasteiger partial charge in [0, 0.05) is 5.69 Å². The van der Waals surface area contributed by atoms with Crippen molar-refractivity contribution < 1.29 is 9.53 Å². The minimum Gasteiger partial charge on any atom is -0.485 e. The van der Waals surface area contributed by atoms with E-state index in [0.717, 1.165) is 33.9 Å². The molecule has 24 heavy (non-hydrogen) atoms. The Morgan fingerprint density at radius 3 is 2.67 bits per heavy atom. The van der Waals surface area contributed by atoms with Crippen molar-refractivity contribution in [3.05, 3.63) is 71.3 Å². The maximum absolute atomic E-state index is 12.7. The number of fused-ring (bicyclic) bond motifs is 3. The van der Waals surface area contributed by atoms with Crippen molar-refractivity contribution in [2.75, 3.05) is 5.32 Å². The van der Waals surface area contributed by atoms with E-state index in [9.17, 15) is 4.79 Å². The number of anilines is 1. The van der Waals surface area contributed by atoms with Gasteiger partial charge in [0.25, 0.3) is 5.91 Å². The first-order chi connectivity index (χ1) is 11.6. The van der Waals surface area contributed by atoms with Crippen LogP contribution < -0.4 is 10.1 Å². The number of amides is 1. The monoisotopic (exact) mass is 319 g/mol. The molecule has 0 bridgehead atoms. The summed E-state index contributed by atoms with van der Waals surface area (Å²) in [5.41, 5.74) is 4.94. The number of carbonyl (C=O) groups is 1. The zero-order chi connectivity index (χ0) is 16.7. The van der Waals surface area contributed by atoms with Crippen LogP contribution in [0.1, 0.15) is 27.3 Å². The van der Waals surface area contributed by atoms with E-state index in [4.69, 9.17) is 4.74 Å². The molecule has 0 spiro atoms. The van der Waals surface area contributed by atoms with Crippen molar-refractivity contribution in [2.45, 2.75) is 20.5 Å². The fraction of sp³-hybridized carbons (Fsp3) is 0.158. The van der Waals surface area contributed by atoms with Crippen LogP contribution in [0.2, 0.25) is 0 Å². The van der Waals surface area contributed by atoms with Gasteiger partial charge in [0.1, 0.15) is 18.7 Å². The molecule has 0 saturated heterocycles. The zero-order valence-corrected chi connectivity index (χ0v) is 13.5. The van der Waals surface area contributed by atoms with Crippen molar-refractivity contribution in [2.24, 2.45) is 0 Å². The Morgan fingerprint density at radius 2 is 1.88 bits per heavy atom. The fourth-order valence-corrected chi connectivity index (χ4v) is 3.02. The lowest BCUT2D eigenvalue weighted by Gasteiger charge is -2.20. The van der Waals surface area contributed by atoms with E-state index in [-0.39, 0.29) is 5.91 Å². The van der Waals surface area contributed by atoms with Gasteiger partial charge in [-0.3, -0.25) is 9.36 Å². The smallest absolute Gasteiger partial charge is 0.276 e. The number of nitrogens with one attached hydrogen (secondary N) is 1. The summed E-state index contributed by atoms with van der Waals surface area (Å²) >= 11 is 0. The van der Waals surface area contributed by atoms with Crippen LogP contribution in [0, 0.1) is 13.8 Å². The van der Waals surface area contributed by atoms with Crippen molar-refractivity contribution in [1.29, 1.82) is 0 Å². The lowest BCUT2D eigenvalue weighted by Crippen LogP contribution is -2.19. The van der Waals surface area contributed by atoms with Crippen LogP contribution in [0.25, 0.3) is 5.69 Å². The molecule has 0 saturated carbocycles. The Kier molecular flexibility index (Phi) is 3.34. The molecule has 1 amide bonds. The minimum atomic E-state index is -0.218. The number of nitrogens with zero attached hydrogens (tertiary/aromatic N) is 2. The molecule has 120 valence electrons. The number of ether oxygens (including phenoxy) is 1. The van der Waals surface area contributed by atoms with Crippen molar-refractivity contribution in [1.82, 2.24) is 9.55 Å². The first-order valence-corrected chi connectivity index (χ1v) is 7.81. The van der Waals surface area contributed by atoms with E-state index >= 15 is 0 Å². The van der Waals surface area contributed by atoms with E-state index in [2.05, 4.69) is 10.3 Å². The van der Waals surface area contributed by atoms with Crippen LogP contribution in [-0.4, -0.2) is 15.5 Å². The predicted molar refractivity (Wildman–Crippen MR) is 91.8 cm³/mol. The molecule has 0 aliphatic carbocycles. The lowest BCUT2D eigenvalue weighted by molar-refractivity contribution is 0.101. The number of hydrogen-bond donors (Lipinski definition) is 1. The number of benzene rings is 2. The van der Waals surface area contributed by atoms with Gasteiger partial charge in [-0.2, -0.15) is 0 Å². The molecule has 5 nitrogen and oxygen atoms in total. The molecule has 5 heteroatoms. The number of aromatic nitrogens is 2. The van der Waals surface area contributed by atoms with Gasteiger partial charge in [0.2, 0.25) is 0 Å². The zero-order valence-electron chi connectivity index (χ0n) is 13.5. The number of rotatable bonds is 2. The Morgan fingerprint density at radius 1 is 1.12 bits per heavy atom. The molecular weight excluding hydrogens is 302 g/mol. The lowest BCUT2D eigenvalue weighted by atomic mass is 10.1. The SMILES string of the molecule is Cc1cccc(C)c1NC(=O)c1ncn2c1COc1ccccc1-2.